The van der Waals surface area contributed by atoms with E-state index in [0.29, 0.717) is 0 Å². The molecule has 0 spiro atoms. The molecule has 25 heavy (non-hydrogen) atoms. The average molecular weight is 344 g/mol. The summed E-state index contributed by atoms with van der Waals surface area (Å²) in [5.41, 5.74) is 1.96. The van der Waals surface area contributed by atoms with Crippen LogP contribution in [-0.2, 0) is 0 Å². The fraction of sp³-hybridized carbons (Fsp3) is 0.400. The van der Waals surface area contributed by atoms with Crippen molar-refractivity contribution in [2.45, 2.75) is 12.5 Å². The first-order valence-electron chi connectivity index (χ1n) is 8.65. The molecule has 5 heteroatoms. The second kappa shape index (κ2) is 8.32. The zero-order valence-electron chi connectivity index (χ0n) is 14.8. The molecule has 134 valence electrons. The summed E-state index contributed by atoms with van der Waals surface area (Å²) >= 11 is 0. The molecule has 1 heterocycles. The minimum atomic E-state index is -0.220. The Morgan fingerprint density at radius 2 is 1.92 bits per heavy atom. The van der Waals surface area contributed by atoms with E-state index in [9.17, 15) is 4.39 Å². The fourth-order valence-corrected chi connectivity index (χ4v) is 3.43. The molecule has 1 unspecified atom stereocenters. The summed E-state index contributed by atoms with van der Waals surface area (Å²) < 4.78 is 24.9. The second-order valence-corrected chi connectivity index (χ2v) is 6.20. The first kappa shape index (κ1) is 17.7. The molecule has 2 aromatic carbocycles. The smallest absolute Gasteiger partial charge is 0.127 e. The molecule has 0 bridgehead atoms. The van der Waals surface area contributed by atoms with E-state index in [1.165, 1.54) is 6.07 Å². The van der Waals surface area contributed by atoms with Crippen molar-refractivity contribution in [3.8, 4) is 11.5 Å². The minimum absolute atomic E-state index is 0.0588. The molecule has 0 saturated carbocycles. The van der Waals surface area contributed by atoms with Crippen molar-refractivity contribution in [2.75, 3.05) is 40.4 Å². The van der Waals surface area contributed by atoms with E-state index < -0.39 is 0 Å². The van der Waals surface area contributed by atoms with Gasteiger partial charge in [-0.25, -0.2) is 4.39 Å². The van der Waals surface area contributed by atoms with Gasteiger partial charge < -0.3 is 14.8 Å². The fourth-order valence-electron chi connectivity index (χ4n) is 3.43. The lowest BCUT2D eigenvalue weighted by Crippen LogP contribution is -2.33. The Kier molecular flexibility index (Phi) is 5.89. The van der Waals surface area contributed by atoms with Crippen LogP contribution >= 0.6 is 0 Å². The summed E-state index contributed by atoms with van der Waals surface area (Å²) in [5.74, 6) is 1.28. The Hall–Kier alpha value is -2.11. The Morgan fingerprint density at radius 1 is 1.04 bits per heavy atom. The molecule has 1 atom stereocenters. The molecule has 1 aliphatic rings. The zero-order chi connectivity index (χ0) is 17.6. The van der Waals surface area contributed by atoms with Crippen LogP contribution in [0, 0.1) is 5.82 Å². The lowest BCUT2D eigenvalue weighted by Gasteiger charge is -2.32. The van der Waals surface area contributed by atoms with E-state index in [4.69, 9.17) is 9.47 Å². The molecule has 1 saturated heterocycles. The summed E-state index contributed by atoms with van der Waals surface area (Å²) in [6.07, 6.45) is 1.06. The Labute approximate surface area is 148 Å². The van der Waals surface area contributed by atoms with E-state index in [1.807, 2.05) is 24.3 Å². The number of hydrogen-bond acceptors (Lipinski definition) is 4. The van der Waals surface area contributed by atoms with E-state index >= 15 is 0 Å². The summed E-state index contributed by atoms with van der Waals surface area (Å²) in [7, 11) is 3.30. The molecule has 1 N–H and O–H groups in total. The Morgan fingerprint density at radius 3 is 2.68 bits per heavy atom. The van der Waals surface area contributed by atoms with Crippen LogP contribution < -0.4 is 14.8 Å². The third-order valence-corrected chi connectivity index (χ3v) is 4.64. The first-order valence-corrected chi connectivity index (χ1v) is 8.65. The third-order valence-electron chi connectivity index (χ3n) is 4.64. The number of halogens is 1. The number of ether oxygens (including phenoxy) is 2. The molecule has 0 radical (unpaired) electrons. The van der Waals surface area contributed by atoms with Crippen molar-refractivity contribution in [1.82, 2.24) is 10.2 Å². The van der Waals surface area contributed by atoms with Gasteiger partial charge in [-0.1, -0.05) is 12.1 Å². The second-order valence-electron chi connectivity index (χ2n) is 6.20. The molecule has 3 rings (SSSR count). The van der Waals surface area contributed by atoms with E-state index in [-0.39, 0.29) is 11.9 Å². The molecular formula is C20H25FN2O2. The number of methoxy groups -OCH3 is 2. The summed E-state index contributed by atoms with van der Waals surface area (Å²) in [5, 5.41) is 3.43. The van der Waals surface area contributed by atoms with Crippen LogP contribution in [-0.4, -0.2) is 45.3 Å². The Bertz CT molecular complexity index is 700. The third kappa shape index (κ3) is 4.11. The van der Waals surface area contributed by atoms with Crippen LogP contribution in [0.5, 0.6) is 11.5 Å². The van der Waals surface area contributed by atoms with Gasteiger partial charge >= 0.3 is 0 Å². The lowest BCUT2D eigenvalue weighted by atomic mass is 9.95. The molecule has 0 aliphatic carbocycles. The topological polar surface area (TPSA) is 33.7 Å². The number of nitrogens with one attached hydrogen (secondary N) is 1. The van der Waals surface area contributed by atoms with Gasteiger partial charge in [-0.3, -0.25) is 4.90 Å². The molecule has 4 nitrogen and oxygen atoms in total. The normalized spacial score (nSPS) is 16.9. The van der Waals surface area contributed by atoms with Crippen LogP contribution in [0.2, 0.25) is 0 Å². The largest absolute Gasteiger partial charge is 0.497 e. The number of hydrogen-bond donors (Lipinski definition) is 1. The van der Waals surface area contributed by atoms with Gasteiger partial charge in [0.05, 0.1) is 20.3 Å². The van der Waals surface area contributed by atoms with Crippen LogP contribution in [0.3, 0.4) is 0 Å². The van der Waals surface area contributed by atoms with Crippen molar-refractivity contribution >= 4 is 0 Å². The maximum absolute atomic E-state index is 13.9. The van der Waals surface area contributed by atoms with Gasteiger partial charge in [-0.05, 0) is 42.8 Å². The highest BCUT2D eigenvalue weighted by Gasteiger charge is 2.26. The molecule has 0 aromatic heterocycles. The van der Waals surface area contributed by atoms with Crippen LogP contribution in [0.1, 0.15) is 23.6 Å². The van der Waals surface area contributed by atoms with Crippen molar-refractivity contribution in [1.29, 1.82) is 0 Å². The Balaban J connectivity index is 2.07. The highest BCUT2D eigenvalue weighted by Crippen LogP contribution is 2.37. The van der Waals surface area contributed by atoms with Gasteiger partial charge in [0.2, 0.25) is 0 Å². The van der Waals surface area contributed by atoms with Crippen molar-refractivity contribution < 1.29 is 13.9 Å². The van der Waals surface area contributed by atoms with Gasteiger partial charge in [-0.2, -0.15) is 0 Å². The predicted octanol–water partition coefficient (Wildman–Crippen LogP) is 3.23. The summed E-state index contributed by atoms with van der Waals surface area (Å²) in [4.78, 5) is 2.39. The number of benzene rings is 2. The van der Waals surface area contributed by atoms with Gasteiger partial charge in [0, 0.05) is 31.3 Å². The quantitative estimate of drug-likeness (QED) is 0.903. The van der Waals surface area contributed by atoms with Crippen LogP contribution in [0.25, 0.3) is 0 Å². The van der Waals surface area contributed by atoms with E-state index in [2.05, 4.69) is 10.2 Å². The summed E-state index contributed by atoms with van der Waals surface area (Å²) in [6.45, 7) is 3.77. The average Bonchev–Trinajstić information content (AvgIpc) is 2.91. The highest BCUT2D eigenvalue weighted by atomic mass is 19.1. The lowest BCUT2D eigenvalue weighted by molar-refractivity contribution is 0.235. The first-order chi connectivity index (χ1) is 12.2. The van der Waals surface area contributed by atoms with Crippen molar-refractivity contribution in [3.05, 3.63) is 59.4 Å². The maximum atomic E-state index is 13.9. The summed E-state index contributed by atoms with van der Waals surface area (Å²) in [6, 6.07) is 12.6. The van der Waals surface area contributed by atoms with Gasteiger partial charge in [0.15, 0.2) is 0 Å². The van der Waals surface area contributed by atoms with E-state index in [0.717, 1.165) is 55.2 Å². The predicted molar refractivity (Wildman–Crippen MR) is 96.8 cm³/mol. The van der Waals surface area contributed by atoms with Crippen LogP contribution in [0.15, 0.2) is 42.5 Å². The molecule has 1 aliphatic heterocycles. The molecule has 2 aromatic rings. The monoisotopic (exact) mass is 344 g/mol. The molecule has 0 amide bonds. The molecule has 1 fully saturated rings. The van der Waals surface area contributed by atoms with Crippen molar-refractivity contribution in [2.24, 2.45) is 0 Å². The van der Waals surface area contributed by atoms with Gasteiger partial charge in [-0.15, -0.1) is 0 Å². The number of rotatable bonds is 5. The molecular weight excluding hydrogens is 319 g/mol. The zero-order valence-corrected chi connectivity index (χ0v) is 14.8. The highest BCUT2D eigenvalue weighted by molar-refractivity contribution is 5.46. The SMILES string of the molecule is COc1ccc(C(c2cccc(F)c2)N2CCCNCC2)c(OC)c1. The standard InChI is InChI=1S/C20H25FN2O2/c1-24-17-7-8-18(19(14-17)25-2)20(15-5-3-6-16(21)13-15)23-11-4-9-22-10-12-23/h3,5-8,13-14,20,22H,4,9-12H2,1-2H3. The van der Waals surface area contributed by atoms with Gasteiger partial charge in [0.1, 0.15) is 17.3 Å². The maximum Gasteiger partial charge on any atom is 0.127 e. The number of nitrogens with zero attached hydrogens (tertiary/aromatic N) is 1. The minimum Gasteiger partial charge on any atom is -0.497 e. The van der Waals surface area contributed by atoms with Crippen molar-refractivity contribution in [3.63, 3.8) is 0 Å². The van der Waals surface area contributed by atoms with E-state index in [1.54, 1.807) is 26.4 Å². The van der Waals surface area contributed by atoms with Crippen LogP contribution in [0.4, 0.5) is 4.39 Å². The van der Waals surface area contributed by atoms with Gasteiger partial charge in [0.25, 0.3) is 0 Å².